The van der Waals surface area contributed by atoms with Gasteiger partial charge in [0.25, 0.3) is 0 Å². The van der Waals surface area contributed by atoms with Gasteiger partial charge in [-0.2, -0.15) is 4.98 Å². The lowest BCUT2D eigenvalue weighted by Crippen LogP contribution is -2.44. The van der Waals surface area contributed by atoms with Crippen molar-refractivity contribution in [2.45, 2.75) is 38.6 Å². The zero-order valence-electron chi connectivity index (χ0n) is 12.1. The molecule has 5 nitrogen and oxygen atoms in total. The van der Waals surface area contributed by atoms with Gasteiger partial charge >= 0.3 is 0 Å². The van der Waals surface area contributed by atoms with Gasteiger partial charge in [0.2, 0.25) is 5.89 Å². The van der Waals surface area contributed by atoms with Gasteiger partial charge in [-0.3, -0.25) is 0 Å². The second-order valence-corrected chi connectivity index (χ2v) is 5.69. The van der Waals surface area contributed by atoms with E-state index in [1.54, 1.807) is 0 Å². The molecule has 3 N–H and O–H groups in total. The lowest BCUT2D eigenvalue weighted by molar-refractivity contribution is 0.212. The first-order chi connectivity index (χ1) is 9.43. The van der Waals surface area contributed by atoms with Crippen molar-refractivity contribution < 1.29 is 9.63 Å². The van der Waals surface area contributed by atoms with Crippen molar-refractivity contribution in [2.75, 3.05) is 6.61 Å². The number of hydrogen-bond acceptors (Lipinski definition) is 5. The molecule has 5 heteroatoms. The Kier molecular flexibility index (Phi) is 4.20. The zero-order chi connectivity index (χ0) is 14.8. The molecule has 0 amide bonds. The summed E-state index contributed by atoms with van der Waals surface area (Å²) in [6.07, 6.45) is 0.596. The van der Waals surface area contributed by atoms with Crippen LogP contribution in [-0.4, -0.2) is 27.9 Å². The molecule has 1 heterocycles. The molecule has 20 heavy (non-hydrogen) atoms. The normalized spacial score (nSPS) is 13.4. The number of benzene rings is 1. The predicted octanol–water partition coefficient (Wildman–Crippen LogP) is 1.57. The third-order valence-corrected chi connectivity index (χ3v) is 3.61. The van der Waals surface area contributed by atoms with Crippen molar-refractivity contribution in [1.29, 1.82) is 0 Å². The number of aromatic nitrogens is 2. The van der Waals surface area contributed by atoms with Gasteiger partial charge < -0.3 is 15.4 Å². The van der Waals surface area contributed by atoms with Crippen LogP contribution in [0.1, 0.15) is 36.7 Å². The van der Waals surface area contributed by atoms with Gasteiger partial charge in [0.05, 0.1) is 13.0 Å². The van der Waals surface area contributed by atoms with E-state index in [1.165, 1.54) is 5.56 Å². The van der Waals surface area contributed by atoms with Crippen molar-refractivity contribution in [2.24, 2.45) is 5.73 Å². The number of hydrogen-bond donors (Lipinski definition) is 2. The molecule has 1 atom stereocenters. The molecule has 0 fully saturated rings. The minimum atomic E-state index is -0.525. The molecule has 0 saturated carbocycles. The molecular formula is C15H21N3O2. The van der Waals surface area contributed by atoms with Gasteiger partial charge in [-0.25, -0.2) is 0 Å². The molecular weight excluding hydrogens is 254 g/mol. The maximum Gasteiger partial charge on any atom is 0.231 e. The SMILES string of the molecule is Cc1cccc(Cc2nc(C(C)(C)[C@H](N)CO)no2)c1. The molecule has 0 aliphatic rings. The van der Waals surface area contributed by atoms with E-state index in [9.17, 15) is 5.11 Å². The van der Waals surface area contributed by atoms with E-state index in [0.717, 1.165) is 5.56 Å². The number of nitrogens with two attached hydrogens (primary N) is 1. The highest BCUT2D eigenvalue weighted by atomic mass is 16.5. The number of aryl methyl sites for hydroxylation is 1. The van der Waals surface area contributed by atoms with Crippen LogP contribution >= 0.6 is 0 Å². The average Bonchev–Trinajstić information content (AvgIpc) is 2.87. The van der Waals surface area contributed by atoms with E-state index in [4.69, 9.17) is 10.3 Å². The van der Waals surface area contributed by atoms with E-state index in [0.29, 0.717) is 18.1 Å². The van der Waals surface area contributed by atoms with Crippen LogP contribution in [0.25, 0.3) is 0 Å². The van der Waals surface area contributed by atoms with Gasteiger partial charge in [-0.15, -0.1) is 0 Å². The van der Waals surface area contributed by atoms with E-state index < -0.39 is 11.5 Å². The van der Waals surface area contributed by atoms with E-state index in [2.05, 4.69) is 16.2 Å². The van der Waals surface area contributed by atoms with Crippen LogP contribution in [0, 0.1) is 6.92 Å². The minimum Gasteiger partial charge on any atom is -0.395 e. The molecule has 0 bridgehead atoms. The number of aliphatic hydroxyl groups is 1. The topological polar surface area (TPSA) is 85.2 Å². The number of aliphatic hydroxyl groups excluding tert-OH is 1. The van der Waals surface area contributed by atoms with Gasteiger partial charge in [0.1, 0.15) is 0 Å². The highest BCUT2D eigenvalue weighted by Crippen LogP contribution is 2.23. The highest BCUT2D eigenvalue weighted by Gasteiger charge is 2.33. The molecule has 0 unspecified atom stereocenters. The second kappa shape index (κ2) is 5.73. The fourth-order valence-corrected chi connectivity index (χ4v) is 1.98. The Morgan fingerprint density at radius 3 is 2.80 bits per heavy atom. The Labute approximate surface area is 118 Å². The largest absolute Gasteiger partial charge is 0.395 e. The fraction of sp³-hybridized carbons (Fsp3) is 0.467. The molecule has 1 aromatic carbocycles. The van der Waals surface area contributed by atoms with Crippen LogP contribution < -0.4 is 5.73 Å². The second-order valence-electron chi connectivity index (χ2n) is 5.69. The van der Waals surface area contributed by atoms with Crippen LogP contribution in [-0.2, 0) is 11.8 Å². The van der Waals surface area contributed by atoms with E-state index in [-0.39, 0.29) is 6.61 Å². The summed E-state index contributed by atoms with van der Waals surface area (Å²) in [4.78, 5) is 4.41. The van der Waals surface area contributed by atoms with Gasteiger partial charge in [-0.1, -0.05) is 48.8 Å². The van der Waals surface area contributed by atoms with Crippen LogP contribution in [0.15, 0.2) is 28.8 Å². The molecule has 0 radical (unpaired) electrons. The fourth-order valence-electron chi connectivity index (χ4n) is 1.98. The summed E-state index contributed by atoms with van der Waals surface area (Å²) in [6.45, 7) is 5.73. The monoisotopic (exact) mass is 275 g/mol. The predicted molar refractivity (Wildman–Crippen MR) is 76.4 cm³/mol. The first-order valence-electron chi connectivity index (χ1n) is 6.68. The Balaban J connectivity index is 2.17. The molecule has 0 aliphatic carbocycles. The maximum atomic E-state index is 9.19. The molecule has 2 aromatic rings. The van der Waals surface area contributed by atoms with E-state index >= 15 is 0 Å². The lowest BCUT2D eigenvalue weighted by Gasteiger charge is -2.26. The Hall–Kier alpha value is -1.72. The zero-order valence-corrected chi connectivity index (χ0v) is 12.1. The van der Waals surface area contributed by atoms with Gasteiger partial charge in [0, 0.05) is 11.5 Å². The Morgan fingerprint density at radius 1 is 1.40 bits per heavy atom. The third-order valence-electron chi connectivity index (χ3n) is 3.61. The summed E-state index contributed by atoms with van der Waals surface area (Å²) in [5.41, 5.74) is 7.70. The van der Waals surface area contributed by atoms with E-state index in [1.807, 2.05) is 39.0 Å². The van der Waals surface area contributed by atoms with Crippen LogP contribution in [0.2, 0.25) is 0 Å². The van der Waals surface area contributed by atoms with Crippen LogP contribution in [0.5, 0.6) is 0 Å². The van der Waals surface area contributed by atoms with Gasteiger partial charge in [-0.05, 0) is 12.5 Å². The Bertz CT molecular complexity index is 578. The first kappa shape index (κ1) is 14.7. The molecule has 1 aromatic heterocycles. The van der Waals surface area contributed by atoms with Gasteiger partial charge in [0.15, 0.2) is 5.82 Å². The minimum absolute atomic E-state index is 0.116. The standard InChI is InChI=1S/C15H21N3O2/c1-10-5-4-6-11(7-10)8-13-17-14(18-20-13)15(2,3)12(16)9-19/h4-7,12,19H,8-9,16H2,1-3H3/t12-/m1/s1. The highest BCUT2D eigenvalue weighted by molar-refractivity contribution is 5.24. The Morgan fingerprint density at radius 2 is 2.15 bits per heavy atom. The summed E-state index contributed by atoms with van der Waals surface area (Å²) >= 11 is 0. The number of rotatable bonds is 5. The third kappa shape index (κ3) is 3.05. The average molecular weight is 275 g/mol. The number of nitrogens with zero attached hydrogens (tertiary/aromatic N) is 2. The summed E-state index contributed by atoms with van der Waals surface area (Å²) in [7, 11) is 0. The summed E-state index contributed by atoms with van der Waals surface area (Å²) < 4.78 is 5.29. The van der Waals surface area contributed by atoms with Crippen molar-refractivity contribution in [3.8, 4) is 0 Å². The van der Waals surface area contributed by atoms with Crippen LogP contribution in [0.3, 0.4) is 0 Å². The molecule has 0 saturated heterocycles. The van der Waals surface area contributed by atoms with Crippen LogP contribution in [0.4, 0.5) is 0 Å². The molecule has 2 rings (SSSR count). The first-order valence-corrected chi connectivity index (χ1v) is 6.68. The molecule has 108 valence electrons. The van der Waals surface area contributed by atoms with Crippen molar-refractivity contribution in [3.63, 3.8) is 0 Å². The quantitative estimate of drug-likeness (QED) is 0.865. The van der Waals surface area contributed by atoms with Crippen molar-refractivity contribution >= 4 is 0 Å². The molecule has 0 aliphatic heterocycles. The summed E-state index contributed by atoms with van der Waals surface area (Å²) in [5.74, 6) is 1.09. The molecule has 0 spiro atoms. The van der Waals surface area contributed by atoms with Crippen molar-refractivity contribution in [1.82, 2.24) is 10.1 Å². The van der Waals surface area contributed by atoms with Crippen molar-refractivity contribution in [3.05, 3.63) is 47.1 Å². The smallest absolute Gasteiger partial charge is 0.231 e. The summed E-state index contributed by atoms with van der Waals surface area (Å²) in [6, 6.07) is 7.75. The maximum absolute atomic E-state index is 9.19. The lowest BCUT2D eigenvalue weighted by atomic mass is 9.84. The summed E-state index contributed by atoms with van der Waals surface area (Å²) in [5, 5.41) is 13.2.